The van der Waals surface area contributed by atoms with Crippen LogP contribution in [-0.4, -0.2) is 64.8 Å². The number of nitrogens with two attached hydrogens (primary N) is 1. The van der Waals surface area contributed by atoms with E-state index in [1.54, 1.807) is 55.5 Å². The Labute approximate surface area is 243 Å². The number of hydrogen-bond acceptors (Lipinski definition) is 6. The average Bonchev–Trinajstić information content (AvgIpc) is 3.16. The molecule has 3 aromatic carbocycles. The maximum atomic E-state index is 13.8. The molecule has 1 aliphatic heterocycles. The molecule has 0 aromatic heterocycles. The maximum absolute atomic E-state index is 13.8. The first-order chi connectivity index (χ1) is 20.0. The van der Waals surface area contributed by atoms with Crippen LogP contribution in [0.3, 0.4) is 0 Å². The van der Waals surface area contributed by atoms with Crippen LogP contribution in [0.15, 0.2) is 78.9 Å². The van der Waals surface area contributed by atoms with Gasteiger partial charge < -0.3 is 25.8 Å². The molecule has 0 bridgehead atoms. The van der Waals surface area contributed by atoms with E-state index in [1.807, 2.05) is 30.3 Å². The van der Waals surface area contributed by atoms with Crippen LogP contribution in [0.4, 0.5) is 4.79 Å². The fourth-order valence-corrected chi connectivity index (χ4v) is 4.92. The molecule has 1 fully saturated rings. The Morgan fingerprint density at radius 3 is 2.21 bits per heavy atom. The smallest absolute Gasteiger partial charge is 0.328 e. The normalized spacial score (nSPS) is 17.2. The summed E-state index contributed by atoms with van der Waals surface area (Å²) in [6, 6.07) is 22.0. The predicted octanol–water partition coefficient (Wildman–Crippen LogP) is 2.72. The number of methoxy groups -OCH3 is 1. The van der Waals surface area contributed by atoms with Crippen LogP contribution in [-0.2, 0) is 32.9 Å². The molecular weight excluding hydrogens is 538 g/mol. The Kier molecular flexibility index (Phi) is 8.90. The lowest BCUT2D eigenvalue weighted by Gasteiger charge is -2.32. The molecule has 5 N–H and O–H groups in total. The number of amides is 4. The lowest BCUT2D eigenvalue weighted by atomic mass is 9.89. The van der Waals surface area contributed by atoms with Gasteiger partial charge in [0.1, 0.15) is 23.7 Å². The first kappa shape index (κ1) is 29.8. The van der Waals surface area contributed by atoms with E-state index in [2.05, 4.69) is 5.32 Å². The van der Waals surface area contributed by atoms with Crippen molar-refractivity contribution in [3.8, 4) is 5.75 Å². The molecule has 0 radical (unpaired) electrons. The van der Waals surface area contributed by atoms with E-state index in [4.69, 9.17) is 15.9 Å². The molecular formula is C31H33N5O6. The number of nitrogens with zero attached hydrogens (tertiary/aromatic N) is 2. The number of hydrogen-bond donors (Lipinski definition) is 4. The number of amidine groups is 1. The minimum absolute atomic E-state index is 0.109. The third-order valence-corrected chi connectivity index (χ3v) is 7.44. The number of ether oxygens (including phenoxy) is 1. The molecule has 0 aliphatic carbocycles. The second kappa shape index (κ2) is 12.5. The van der Waals surface area contributed by atoms with Crippen LogP contribution in [0.25, 0.3) is 0 Å². The van der Waals surface area contributed by atoms with Gasteiger partial charge in [-0.3, -0.25) is 24.7 Å². The Hall–Kier alpha value is -5.19. The van der Waals surface area contributed by atoms with E-state index in [0.29, 0.717) is 16.9 Å². The summed E-state index contributed by atoms with van der Waals surface area (Å²) in [6.07, 6.45) is 0.167. The number of carboxylic acid groups (broad SMARTS) is 1. The van der Waals surface area contributed by atoms with Gasteiger partial charge in [0, 0.05) is 18.7 Å². The number of urea groups is 1. The van der Waals surface area contributed by atoms with Gasteiger partial charge in [-0.05, 0) is 42.2 Å². The van der Waals surface area contributed by atoms with Crippen molar-refractivity contribution in [1.82, 2.24) is 15.1 Å². The Balaban J connectivity index is 1.52. The van der Waals surface area contributed by atoms with Gasteiger partial charge in [-0.1, -0.05) is 66.7 Å². The fraction of sp³-hybridized carbons (Fsp3) is 0.258. The minimum atomic E-state index is -1.44. The molecule has 0 saturated carbocycles. The highest BCUT2D eigenvalue weighted by atomic mass is 16.5. The SMILES string of the molecule is COc1ccc(CC(CNC(=O)CN2C(=O)N(Cc3ccccc3)C(C)(c3ccc(C(=N)N)cc3)C2=O)C(=O)O)cc1. The molecule has 11 heteroatoms. The van der Waals surface area contributed by atoms with Crippen molar-refractivity contribution >= 4 is 29.7 Å². The maximum Gasteiger partial charge on any atom is 0.328 e. The van der Waals surface area contributed by atoms with Gasteiger partial charge in [0.2, 0.25) is 5.91 Å². The minimum Gasteiger partial charge on any atom is -0.497 e. The zero-order valence-corrected chi connectivity index (χ0v) is 23.4. The summed E-state index contributed by atoms with van der Waals surface area (Å²) in [5.74, 6) is -2.76. The highest BCUT2D eigenvalue weighted by Crippen LogP contribution is 2.38. The summed E-state index contributed by atoms with van der Waals surface area (Å²) >= 11 is 0. The number of aliphatic carboxylic acids is 1. The Morgan fingerprint density at radius 2 is 1.64 bits per heavy atom. The number of nitrogens with one attached hydrogen (secondary N) is 2. The molecule has 218 valence electrons. The summed E-state index contributed by atoms with van der Waals surface area (Å²) in [6.45, 7) is 0.969. The van der Waals surface area contributed by atoms with Crippen molar-refractivity contribution in [2.24, 2.45) is 11.7 Å². The van der Waals surface area contributed by atoms with E-state index >= 15 is 0 Å². The highest BCUT2D eigenvalue weighted by Gasteiger charge is 2.55. The van der Waals surface area contributed by atoms with Crippen molar-refractivity contribution in [3.05, 3.63) is 101 Å². The van der Waals surface area contributed by atoms with E-state index in [1.165, 1.54) is 12.0 Å². The van der Waals surface area contributed by atoms with Gasteiger partial charge >= 0.3 is 12.0 Å². The number of nitrogen functional groups attached to an aromatic ring is 1. The molecule has 11 nitrogen and oxygen atoms in total. The molecule has 4 amide bonds. The number of carbonyl (C=O) groups is 4. The standard InChI is InChI=1S/C31H33N5O6/c1-31(24-12-10-22(11-13-24)27(32)33)29(40)35(30(41)36(31)18-21-6-4-3-5-7-21)19-26(37)34-17-23(28(38)39)16-20-8-14-25(42-2)15-9-20/h3-15,23H,16-19H2,1-2H3,(H3,32,33)(H,34,37)(H,38,39). The third kappa shape index (κ3) is 6.25. The zero-order chi connectivity index (χ0) is 30.4. The van der Waals surface area contributed by atoms with Crippen LogP contribution in [0.1, 0.15) is 29.2 Å². The summed E-state index contributed by atoms with van der Waals surface area (Å²) in [5, 5.41) is 20.0. The van der Waals surface area contributed by atoms with Crippen molar-refractivity contribution < 1.29 is 29.0 Å². The Morgan fingerprint density at radius 1 is 1.00 bits per heavy atom. The van der Waals surface area contributed by atoms with Gasteiger partial charge in [0.15, 0.2) is 0 Å². The van der Waals surface area contributed by atoms with E-state index < -0.39 is 41.8 Å². The van der Waals surface area contributed by atoms with Gasteiger partial charge in [0.25, 0.3) is 5.91 Å². The number of carbonyl (C=O) groups excluding carboxylic acids is 3. The number of benzene rings is 3. The number of rotatable bonds is 12. The van der Waals surface area contributed by atoms with Crippen LogP contribution < -0.4 is 15.8 Å². The van der Waals surface area contributed by atoms with Gasteiger partial charge in [0.05, 0.1) is 13.0 Å². The lowest BCUT2D eigenvalue weighted by Crippen LogP contribution is -2.45. The molecule has 1 heterocycles. The van der Waals surface area contributed by atoms with Crippen molar-refractivity contribution in [1.29, 1.82) is 5.41 Å². The predicted molar refractivity (Wildman–Crippen MR) is 155 cm³/mol. The number of carboxylic acids is 1. The van der Waals surface area contributed by atoms with E-state index in [0.717, 1.165) is 16.0 Å². The van der Waals surface area contributed by atoms with Crippen LogP contribution in [0, 0.1) is 11.3 Å². The summed E-state index contributed by atoms with van der Waals surface area (Å²) in [5.41, 5.74) is 6.65. The quantitative estimate of drug-likeness (QED) is 0.147. The third-order valence-electron chi connectivity index (χ3n) is 7.44. The summed E-state index contributed by atoms with van der Waals surface area (Å²) in [4.78, 5) is 54.6. The monoisotopic (exact) mass is 571 g/mol. The van der Waals surface area contributed by atoms with Crippen molar-refractivity contribution in [2.45, 2.75) is 25.4 Å². The molecule has 2 unspecified atom stereocenters. The van der Waals surface area contributed by atoms with Crippen LogP contribution >= 0.6 is 0 Å². The Bertz CT molecular complexity index is 1480. The first-order valence-corrected chi connectivity index (χ1v) is 13.3. The van der Waals surface area contributed by atoms with Crippen molar-refractivity contribution in [2.75, 3.05) is 20.2 Å². The van der Waals surface area contributed by atoms with E-state index in [-0.39, 0.29) is 25.3 Å². The second-order valence-electron chi connectivity index (χ2n) is 10.2. The largest absolute Gasteiger partial charge is 0.497 e. The highest BCUT2D eigenvalue weighted by molar-refractivity contribution is 6.09. The number of imide groups is 1. The average molecular weight is 572 g/mol. The second-order valence-corrected chi connectivity index (χ2v) is 10.2. The first-order valence-electron chi connectivity index (χ1n) is 13.3. The van der Waals surface area contributed by atoms with E-state index in [9.17, 15) is 24.3 Å². The molecule has 3 aromatic rings. The van der Waals surface area contributed by atoms with Crippen molar-refractivity contribution in [3.63, 3.8) is 0 Å². The van der Waals surface area contributed by atoms with Gasteiger partial charge in [-0.15, -0.1) is 0 Å². The summed E-state index contributed by atoms with van der Waals surface area (Å²) in [7, 11) is 1.54. The van der Waals surface area contributed by atoms with Gasteiger partial charge in [-0.25, -0.2) is 4.79 Å². The van der Waals surface area contributed by atoms with Gasteiger partial charge in [-0.2, -0.15) is 0 Å². The van der Waals surface area contributed by atoms with Crippen LogP contribution in [0.2, 0.25) is 0 Å². The molecule has 1 saturated heterocycles. The topological polar surface area (TPSA) is 166 Å². The fourth-order valence-electron chi connectivity index (χ4n) is 4.92. The molecule has 0 spiro atoms. The van der Waals surface area contributed by atoms with Crippen LogP contribution in [0.5, 0.6) is 5.75 Å². The molecule has 4 rings (SSSR count). The lowest BCUT2D eigenvalue weighted by molar-refractivity contribution is -0.142. The summed E-state index contributed by atoms with van der Waals surface area (Å²) < 4.78 is 5.13. The molecule has 42 heavy (non-hydrogen) atoms. The molecule has 1 aliphatic rings. The molecule has 2 atom stereocenters. The zero-order valence-electron chi connectivity index (χ0n) is 23.4.